The van der Waals surface area contributed by atoms with Crippen LogP contribution in [0.4, 0.5) is 0 Å². The van der Waals surface area contributed by atoms with Crippen LogP contribution in [0.15, 0.2) is 30.3 Å². The molecule has 1 aliphatic heterocycles. The summed E-state index contributed by atoms with van der Waals surface area (Å²) in [5.74, 6) is 0.776. The minimum Gasteiger partial charge on any atom is -0.381 e. The van der Waals surface area contributed by atoms with Crippen LogP contribution in [0.1, 0.15) is 38.7 Å². The van der Waals surface area contributed by atoms with Crippen molar-refractivity contribution in [3.8, 4) is 0 Å². The van der Waals surface area contributed by atoms with Crippen molar-refractivity contribution in [3.63, 3.8) is 0 Å². The lowest BCUT2D eigenvalue weighted by molar-refractivity contribution is 0.0543. The van der Waals surface area contributed by atoms with Crippen molar-refractivity contribution in [2.24, 2.45) is 5.92 Å². The molecule has 2 nitrogen and oxygen atoms in total. The molecule has 1 aromatic rings. The van der Waals surface area contributed by atoms with Gasteiger partial charge in [0.25, 0.3) is 0 Å². The number of rotatable bonds is 6. The first-order valence-corrected chi connectivity index (χ1v) is 7.67. The first-order chi connectivity index (χ1) is 9.29. The quantitative estimate of drug-likeness (QED) is 0.847. The number of hydrogen-bond donors (Lipinski definition) is 1. The minimum absolute atomic E-state index is 0.584. The first-order valence-electron chi connectivity index (χ1n) is 7.67. The zero-order chi connectivity index (χ0) is 13.5. The Morgan fingerprint density at radius 3 is 2.53 bits per heavy atom. The Bertz CT molecular complexity index is 346. The van der Waals surface area contributed by atoms with Crippen molar-refractivity contribution in [2.75, 3.05) is 13.2 Å². The molecule has 2 rings (SSSR count). The smallest absolute Gasteiger partial charge is 0.0469 e. The van der Waals surface area contributed by atoms with E-state index in [9.17, 15) is 0 Å². The third-order valence-electron chi connectivity index (χ3n) is 4.29. The third kappa shape index (κ3) is 4.63. The van der Waals surface area contributed by atoms with E-state index in [4.69, 9.17) is 4.74 Å². The molecule has 2 heteroatoms. The largest absolute Gasteiger partial charge is 0.381 e. The number of hydrogen-bond acceptors (Lipinski definition) is 2. The molecule has 1 heterocycles. The fourth-order valence-corrected chi connectivity index (χ4v) is 2.94. The Morgan fingerprint density at radius 2 is 1.89 bits per heavy atom. The van der Waals surface area contributed by atoms with E-state index in [1.54, 1.807) is 0 Å². The zero-order valence-corrected chi connectivity index (χ0v) is 12.3. The van der Waals surface area contributed by atoms with E-state index in [2.05, 4.69) is 49.5 Å². The van der Waals surface area contributed by atoms with Crippen LogP contribution in [0.2, 0.25) is 0 Å². The Balaban J connectivity index is 1.84. The van der Waals surface area contributed by atoms with E-state index >= 15 is 0 Å². The average molecular weight is 261 g/mol. The lowest BCUT2D eigenvalue weighted by Gasteiger charge is -2.31. The second kappa shape index (κ2) is 7.66. The van der Waals surface area contributed by atoms with Crippen LogP contribution < -0.4 is 5.32 Å². The molecule has 1 fully saturated rings. The summed E-state index contributed by atoms with van der Waals surface area (Å²) in [6.45, 7) is 6.49. The first kappa shape index (κ1) is 14.5. The Hall–Kier alpha value is -0.860. The maximum absolute atomic E-state index is 5.45. The molecule has 1 aliphatic rings. The molecule has 106 valence electrons. The highest BCUT2D eigenvalue weighted by Crippen LogP contribution is 2.19. The van der Waals surface area contributed by atoms with E-state index in [0.29, 0.717) is 12.1 Å². The predicted molar refractivity (Wildman–Crippen MR) is 80.4 cm³/mol. The van der Waals surface area contributed by atoms with E-state index in [0.717, 1.165) is 25.6 Å². The molecule has 0 radical (unpaired) electrons. The van der Waals surface area contributed by atoms with Crippen molar-refractivity contribution in [1.29, 1.82) is 0 Å². The maximum atomic E-state index is 5.45. The van der Waals surface area contributed by atoms with Gasteiger partial charge >= 0.3 is 0 Å². The summed E-state index contributed by atoms with van der Waals surface area (Å²) in [6.07, 6.45) is 4.72. The maximum Gasteiger partial charge on any atom is 0.0469 e. The van der Waals surface area contributed by atoms with Crippen molar-refractivity contribution in [3.05, 3.63) is 35.9 Å². The molecule has 2 unspecified atom stereocenters. The van der Waals surface area contributed by atoms with E-state index < -0.39 is 0 Å². The zero-order valence-electron chi connectivity index (χ0n) is 12.3. The van der Waals surface area contributed by atoms with Crippen LogP contribution in [0, 0.1) is 5.92 Å². The van der Waals surface area contributed by atoms with Crippen LogP contribution in [0.3, 0.4) is 0 Å². The van der Waals surface area contributed by atoms with Gasteiger partial charge in [0, 0.05) is 25.3 Å². The number of nitrogens with one attached hydrogen (secondary N) is 1. The number of benzene rings is 1. The summed E-state index contributed by atoms with van der Waals surface area (Å²) in [5.41, 5.74) is 1.43. The monoisotopic (exact) mass is 261 g/mol. The van der Waals surface area contributed by atoms with E-state index in [1.165, 1.54) is 24.8 Å². The van der Waals surface area contributed by atoms with Gasteiger partial charge in [-0.25, -0.2) is 0 Å². The molecule has 0 bridgehead atoms. The van der Waals surface area contributed by atoms with Gasteiger partial charge in [0.05, 0.1) is 0 Å². The molecule has 0 saturated carbocycles. The summed E-state index contributed by atoms with van der Waals surface area (Å²) in [4.78, 5) is 0. The third-order valence-corrected chi connectivity index (χ3v) is 4.29. The minimum atomic E-state index is 0.584. The van der Waals surface area contributed by atoms with Crippen LogP contribution in [0.5, 0.6) is 0 Å². The topological polar surface area (TPSA) is 21.3 Å². The summed E-state index contributed by atoms with van der Waals surface area (Å²) in [6, 6.07) is 12.0. The van der Waals surface area contributed by atoms with Gasteiger partial charge in [-0.3, -0.25) is 0 Å². The fourth-order valence-electron chi connectivity index (χ4n) is 2.94. The second-order valence-electron chi connectivity index (χ2n) is 5.70. The Kier molecular flexibility index (Phi) is 5.87. The SMILES string of the molecule is CCC(Cc1ccccc1)NC(C)C1CCOCC1. The van der Waals surface area contributed by atoms with Crippen molar-refractivity contribution in [1.82, 2.24) is 5.32 Å². The second-order valence-corrected chi connectivity index (χ2v) is 5.70. The molecule has 1 aromatic carbocycles. The van der Waals surface area contributed by atoms with E-state index in [-0.39, 0.29) is 0 Å². The molecular weight excluding hydrogens is 234 g/mol. The van der Waals surface area contributed by atoms with Gasteiger partial charge in [-0.05, 0) is 44.1 Å². The molecule has 0 amide bonds. The lowest BCUT2D eigenvalue weighted by Crippen LogP contribution is -2.43. The molecule has 2 atom stereocenters. The fraction of sp³-hybridized carbons (Fsp3) is 0.647. The Morgan fingerprint density at radius 1 is 1.21 bits per heavy atom. The van der Waals surface area contributed by atoms with Crippen molar-refractivity contribution < 1.29 is 4.74 Å². The van der Waals surface area contributed by atoms with Gasteiger partial charge in [-0.1, -0.05) is 37.3 Å². The average Bonchev–Trinajstić information content (AvgIpc) is 2.48. The van der Waals surface area contributed by atoms with Crippen LogP contribution >= 0.6 is 0 Å². The highest BCUT2D eigenvalue weighted by atomic mass is 16.5. The van der Waals surface area contributed by atoms with Gasteiger partial charge in [0.2, 0.25) is 0 Å². The molecule has 19 heavy (non-hydrogen) atoms. The molecule has 0 spiro atoms. The van der Waals surface area contributed by atoms with Gasteiger partial charge in [-0.15, -0.1) is 0 Å². The van der Waals surface area contributed by atoms with Crippen molar-refractivity contribution >= 4 is 0 Å². The van der Waals surface area contributed by atoms with Gasteiger partial charge in [0.1, 0.15) is 0 Å². The molecular formula is C17H27NO. The summed E-state index contributed by atoms with van der Waals surface area (Å²) in [7, 11) is 0. The normalized spacial score (nSPS) is 20.1. The lowest BCUT2D eigenvalue weighted by atomic mass is 9.91. The standard InChI is InChI=1S/C17H27NO/c1-3-17(13-15-7-5-4-6-8-15)18-14(2)16-9-11-19-12-10-16/h4-8,14,16-18H,3,9-13H2,1-2H3. The number of ether oxygens (including phenoxy) is 1. The molecule has 1 N–H and O–H groups in total. The molecule has 1 saturated heterocycles. The van der Waals surface area contributed by atoms with Crippen LogP contribution in [0.25, 0.3) is 0 Å². The summed E-state index contributed by atoms with van der Waals surface area (Å²) >= 11 is 0. The highest BCUT2D eigenvalue weighted by molar-refractivity contribution is 5.15. The summed E-state index contributed by atoms with van der Waals surface area (Å²) < 4.78 is 5.45. The van der Waals surface area contributed by atoms with Crippen molar-refractivity contribution in [2.45, 2.75) is 51.6 Å². The predicted octanol–water partition coefficient (Wildman–Crippen LogP) is 3.41. The van der Waals surface area contributed by atoms with Gasteiger partial charge in [0.15, 0.2) is 0 Å². The highest BCUT2D eigenvalue weighted by Gasteiger charge is 2.22. The Labute approximate surface area is 117 Å². The van der Waals surface area contributed by atoms with Crippen LogP contribution in [-0.2, 0) is 11.2 Å². The van der Waals surface area contributed by atoms with Gasteiger partial charge < -0.3 is 10.1 Å². The van der Waals surface area contributed by atoms with Crippen LogP contribution in [-0.4, -0.2) is 25.3 Å². The van der Waals surface area contributed by atoms with E-state index in [1.807, 2.05) is 0 Å². The molecule has 0 aliphatic carbocycles. The summed E-state index contributed by atoms with van der Waals surface area (Å²) in [5, 5.41) is 3.83. The molecule has 0 aromatic heterocycles. The van der Waals surface area contributed by atoms with Gasteiger partial charge in [-0.2, -0.15) is 0 Å².